The van der Waals surface area contributed by atoms with Gasteiger partial charge in [-0.2, -0.15) is 4.98 Å². The highest BCUT2D eigenvalue weighted by Crippen LogP contribution is 2.21. The normalized spacial score (nSPS) is 12.2. The molecule has 1 aromatic rings. The summed E-state index contributed by atoms with van der Waals surface area (Å²) in [4.78, 5) is 11.7. The fourth-order valence-corrected chi connectivity index (χ4v) is 4.34. The Morgan fingerprint density at radius 2 is 1.74 bits per heavy atom. The van der Waals surface area contributed by atoms with Crippen LogP contribution in [0.4, 0.5) is 10.2 Å². The molecule has 0 radical (unpaired) electrons. The number of likely N-dealkylation sites (N-methyl/N-ethyl adjacent to an activating group) is 1. The first-order valence-corrected chi connectivity index (χ1v) is 17.7. The molecule has 0 aliphatic rings. The molecule has 1 unspecified atom stereocenters. The Bertz CT molecular complexity index is 1420. The van der Waals surface area contributed by atoms with E-state index >= 15 is 0 Å². The van der Waals surface area contributed by atoms with Crippen molar-refractivity contribution in [3.63, 3.8) is 0 Å². The third-order valence-corrected chi connectivity index (χ3v) is 7.30. The maximum atomic E-state index is 14.1. The topological polar surface area (TPSA) is 65.9 Å². The van der Waals surface area contributed by atoms with Gasteiger partial charge in [0, 0.05) is 31.5 Å². The van der Waals surface area contributed by atoms with Crippen molar-refractivity contribution in [3.8, 4) is 6.01 Å². The van der Waals surface area contributed by atoms with Gasteiger partial charge in [-0.3, -0.25) is 0 Å². The van der Waals surface area contributed by atoms with Gasteiger partial charge in [-0.1, -0.05) is 63.3 Å². The molecule has 0 fully saturated rings. The van der Waals surface area contributed by atoms with E-state index in [2.05, 4.69) is 30.2 Å². The molecule has 1 heterocycles. The summed E-state index contributed by atoms with van der Waals surface area (Å²) in [5.74, 6) is 1.83. The summed E-state index contributed by atoms with van der Waals surface area (Å²) in [6.07, 6.45) is 13.8. The number of unbranched alkanes of at least 4 members (excludes halogenated alkanes) is 1. The average molecular weight is 694 g/mol. The molecule has 1 rings (SSSR count). The lowest BCUT2D eigenvalue weighted by molar-refractivity contribution is 0.154. The molecule has 0 spiro atoms. The molecule has 0 saturated heterocycles. The van der Waals surface area contributed by atoms with E-state index in [0.29, 0.717) is 49.5 Å². The van der Waals surface area contributed by atoms with Crippen molar-refractivity contribution in [1.82, 2.24) is 9.97 Å². The van der Waals surface area contributed by atoms with Crippen LogP contribution in [0.2, 0.25) is 0 Å². The maximum absolute atomic E-state index is 14.1. The molecular formula is C42H64FN3O4. The van der Waals surface area contributed by atoms with E-state index in [9.17, 15) is 4.39 Å². The third kappa shape index (κ3) is 19.2. The SMILES string of the molecule is C=C(OC)/C(=C\C=C(/C)CCCCOc1nc(C)ccc(/C(C)=C/C=C=C(C=CCC)C(C)F)cc(C)c(N(C)CCOCC)n1)OC.CC. The number of ether oxygens (including phenoxy) is 4. The lowest BCUT2D eigenvalue weighted by Gasteiger charge is -2.19. The van der Waals surface area contributed by atoms with E-state index in [4.69, 9.17) is 28.9 Å². The van der Waals surface area contributed by atoms with Crippen LogP contribution in [0.5, 0.6) is 6.01 Å². The van der Waals surface area contributed by atoms with Crippen LogP contribution in [0.1, 0.15) is 91.0 Å². The van der Waals surface area contributed by atoms with Crippen molar-refractivity contribution in [2.24, 2.45) is 0 Å². The van der Waals surface area contributed by atoms with Gasteiger partial charge in [0.1, 0.15) is 12.0 Å². The molecule has 0 N–H and O–H groups in total. The van der Waals surface area contributed by atoms with Crippen molar-refractivity contribution < 1.29 is 23.3 Å². The molecule has 7 nitrogen and oxygen atoms in total. The van der Waals surface area contributed by atoms with Crippen LogP contribution in [0, 0.1) is 13.8 Å². The number of rotatable bonds is 20. The minimum Gasteiger partial charge on any atom is -0.494 e. The second kappa shape index (κ2) is 27.7. The zero-order valence-electron chi connectivity index (χ0n) is 33.0. The van der Waals surface area contributed by atoms with E-state index in [1.165, 1.54) is 12.5 Å². The number of hydrogen-bond donors (Lipinski definition) is 0. The first kappa shape index (κ1) is 45.9. The summed E-state index contributed by atoms with van der Waals surface area (Å²) in [6, 6.07) is 6.40. The molecule has 50 heavy (non-hydrogen) atoms. The second-order valence-corrected chi connectivity index (χ2v) is 11.4. The largest absolute Gasteiger partial charge is 0.494 e. The summed E-state index contributed by atoms with van der Waals surface area (Å²) in [6.45, 7) is 23.8. The van der Waals surface area contributed by atoms with Gasteiger partial charge in [-0.05, 0) is 108 Å². The van der Waals surface area contributed by atoms with Crippen LogP contribution in [-0.2, 0) is 14.2 Å². The summed E-state index contributed by atoms with van der Waals surface area (Å²) in [7, 11) is 5.16. The van der Waals surface area contributed by atoms with Gasteiger partial charge < -0.3 is 23.8 Å². The summed E-state index contributed by atoms with van der Waals surface area (Å²) < 4.78 is 36.3. The van der Waals surface area contributed by atoms with Crippen LogP contribution >= 0.6 is 0 Å². The molecule has 0 amide bonds. The van der Waals surface area contributed by atoms with E-state index in [1.54, 1.807) is 26.4 Å². The molecule has 1 atom stereocenters. The smallest absolute Gasteiger partial charge is 0.318 e. The third-order valence-electron chi connectivity index (χ3n) is 7.30. The van der Waals surface area contributed by atoms with E-state index in [1.807, 2.05) is 92.0 Å². The standard InChI is InChI=1S/C40H58FN3O4.C2H6/c1-12-14-20-36(34(7)41)21-17-19-31(4)37-24-23-33(6)42-40(43-39(32(5)29-37)44(9)26-28-47-13-2)48-27-16-15-18-30(3)22-25-38(46-11)35(8)45-10;1-2/h14,17,19-20,22-25,29,34H,8,12-13,15-16,18,26-28H2,1-7,9-11H3;1-2H3/b20-14?,24-23?,30-22+,31-19+,32-29?,33-23?,37-24?,37-29?,38-25+,39-32?,42-33?,42-40?,43-39?,43-40?;. The zero-order valence-corrected chi connectivity index (χ0v) is 33.0. The summed E-state index contributed by atoms with van der Waals surface area (Å²) in [5.41, 5.74) is 8.51. The Morgan fingerprint density at radius 3 is 2.36 bits per heavy atom. The quantitative estimate of drug-likeness (QED) is 0.0583. The van der Waals surface area contributed by atoms with Crippen LogP contribution < -0.4 is 9.64 Å². The number of allylic oxidation sites excluding steroid dienone is 8. The first-order valence-electron chi connectivity index (χ1n) is 17.7. The number of nitrogens with zero attached hydrogens (tertiary/aromatic N) is 3. The number of hydrogen-bond acceptors (Lipinski definition) is 7. The van der Waals surface area contributed by atoms with Gasteiger partial charge in [-0.25, -0.2) is 9.37 Å². The van der Waals surface area contributed by atoms with Crippen molar-refractivity contribution in [2.75, 3.05) is 52.5 Å². The Kier molecular flexibility index (Phi) is 25.4. The summed E-state index contributed by atoms with van der Waals surface area (Å²) >= 11 is 0. The molecule has 0 aromatic carbocycles. The Morgan fingerprint density at radius 1 is 1.02 bits per heavy atom. The minimum absolute atomic E-state index is 0.318. The van der Waals surface area contributed by atoms with Gasteiger partial charge >= 0.3 is 6.01 Å². The lowest BCUT2D eigenvalue weighted by atomic mass is 10.1. The van der Waals surface area contributed by atoms with Gasteiger partial charge in [0.25, 0.3) is 0 Å². The van der Waals surface area contributed by atoms with Crippen LogP contribution in [0.25, 0.3) is 5.57 Å². The predicted octanol–water partition coefficient (Wildman–Crippen LogP) is 10.7. The van der Waals surface area contributed by atoms with Crippen LogP contribution in [0.15, 0.2) is 89.6 Å². The number of alkyl halides is 1. The monoisotopic (exact) mass is 693 g/mol. The van der Waals surface area contributed by atoms with E-state index < -0.39 is 6.17 Å². The van der Waals surface area contributed by atoms with Gasteiger partial charge in [-0.15, -0.1) is 5.73 Å². The number of aryl methyl sites for hydroxylation is 2. The summed E-state index contributed by atoms with van der Waals surface area (Å²) in [5, 5.41) is 0. The Hall–Kier alpha value is -4.13. The minimum atomic E-state index is -1.10. The highest BCUT2D eigenvalue weighted by atomic mass is 19.1. The van der Waals surface area contributed by atoms with Gasteiger partial charge in [0.2, 0.25) is 0 Å². The van der Waals surface area contributed by atoms with Gasteiger partial charge in [0.15, 0.2) is 11.5 Å². The van der Waals surface area contributed by atoms with Crippen LogP contribution in [0.3, 0.4) is 0 Å². The molecule has 1 aromatic heterocycles. The molecule has 0 aliphatic heterocycles. The molecular weight excluding hydrogens is 629 g/mol. The fourth-order valence-electron chi connectivity index (χ4n) is 4.34. The van der Waals surface area contributed by atoms with Crippen molar-refractivity contribution >= 4 is 11.4 Å². The lowest BCUT2D eigenvalue weighted by Crippen LogP contribution is -2.24. The van der Waals surface area contributed by atoms with Crippen LogP contribution in [-0.4, -0.2) is 63.8 Å². The number of aromatic nitrogens is 2. The second-order valence-electron chi connectivity index (χ2n) is 11.4. The van der Waals surface area contributed by atoms with Gasteiger partial charge in [0.05, 0.1) is 27.4 Å². The zero-order chi connectivity index (χ0) is 37.9. The highest BCUT2D eigenvalue weighted by molar-refractivity contribution is 5.66. The van der Waals surface area contributed by atoms with Crippen molar-refractivity contribution in [1.29, 1.82) is 0 Å². The first-order chi connectivity index (χ1) is 24.0. The maximum Gasteiger partial charge on any atom is 0.318 e. The highest BCUT2D eigenvalue weighted by Gasteiger charge is 2.09. The molecule has 0 aliphatic carbocycles. The number of methoxy groups -OCH3 is 2. The van der Waals surface area contributed by atoms with E-state index in [0.717, 1.165) is 53.9 Å². The van der Waals surface area contributed by atoms with E-state index in [-0.39, 0.29) is 0 Å². The fraction of sp³-hybridized carbons (Fsp3) is 0.500. The Balaban J connectivity index is 0.0000118. The van der Waals surface area contributed by atoms with Crippen molar-refractivity contribution in [3.05, 3.63) is 106 Å². The molecule has 278 valence electrons. The molecule has 8 heteroatoms. The molecule has 0 bridgehead atoms. The average Bonchev–Trinajstić information content (AvgIpc) is 3.10. The number of anilines is 1. The predicted molar refractivity (Wildman–Crippen MR) is 210 cm³/mol. The van der Waals surface area contributed by atoms with Crippen molar-refractivity contribution in [2.45, 2.75) is 94.2 Å². The number of halogens is 1. The molecule has 0 saturated carbocycles. The Labute approximate surface area is 303 Å².